The lowest BCUT2D eigenvalue weighted by Crippen LogP contribution is -2.54. The number of rotatable bonds is 8. The van der Waals surface area contributed by atoms with Crippen LogP contribution in [0.15, 0.2) is 18.5 Å². The number of imidazole rings is 1. The number of aromatic nitrogens is 6. The van der Waals surface area contributed by atoms with Crippen molar-refractivity contribution in [2.24, 2.45) is 17.8 Å². The van der Waals surface area contributed by atoms with Crippen LogP contribution >= 0.6 is 0 Å². The number of piperazine rings is 1. The quantitative estimate of drug-likeness (QED) is 0.330. The summed E-state index contributed by atoms with van der Waals surface area (Å²) < 4.78 is 72.5. The Labute approximate surface area is 287 Å². The van der Waals surface area contributed by atoms with Crippen LogP contribution in [0.5, 0.6) is 0 Å². The van der Waals surface area contributed by atoms with E-state index in [1.165, 1.54) is 15.4 Å². The zero-order valence-corrected chi connectivity index (χ0v) is 28.8. The van der Waals surface area contributed by atoms with Gasteiger partial charge in [0.05, 0.1) is 23.9 Å². The Morgan fingerprint density at radius 1 is 1.10 bits per heavy atom. The lowest BCUT2D eigenvalue weighted by molar-refractivity contribution is -0.183. The molecule has 3 aromatic rings. The molecule has 3 atom stereocenters. The molecule has 3 aliphatic rings. The second-order valence-corrected chi connectivity index (χ2v) is 14.7. The molecular weight excluding hydrogens is 663 g/mol. The molecule has 3 aromatic heterocycles. The van der Waals surface area contributed by atoms with Crippen molar-refractivity contribution in [1.29, 1.82) is 0 Å². The average Bonchev–Trinajstić information content (AvgIpc) is 3.70. The topological polar surface area (TPSA) is 126 Å². The molecule has 3 fully saturated rings. The highest BCUT2D eigenvalue weighted by molar-refractivity contribution is 5.92. The highest BCUT2D eigenvalue weighted by atomic mass is 19.4. The van der Waals surface area contributed by atoms with Crippen molar-refractivity contribution in [3.8, 4) is 0 Å². The molecule has 2 N–H and O–H groups in total. The number of fused-ring (bicyclic) bond motifs is 1. The van der Waals surface area contributed by atoms with E-state index in [9.17, 15) is 31.5 Å². The zero-order chi connectivity index (χ0) is 36.0. The summed E-state index contributed by atoms with van der Waals surface area (Å²) in [4.78, 5) is 40.4. The van der Waals surface area contributed by atoms with E-state index in [0.717, 1.165) is 0 Å². The maximum atomic E-state index is 14.2. The van der Waals surface area contributed by atoms with E-state index in [1.54, 1.807) is 12.3 Å². The van der Waals surface area contributed by atoms with Crippen LogP contribution in [0.4, 0.5) is 27.8 Å². The number of nitrogens with one attached hydrogen (secondary N) is 2. The van der Waals surface area contributed by atoms with Crippen LogP contribution in [0.1, 0.15) is 87.7 Å². The summed E-state index contributed by atoms with van der Waals surface area (Å²) in [7, 11) is 0. The predicted molar refractivity (Wildman–Crippen MR) is 174 cm³/mol. The van der Waals surface area contributed by atoms with Gasteiger partial charge in [0.1, 0.15) is 11.4 Å². The molecule has 0 unspecified atom stereocenters. The summed E-state index contributed by atoms with van der Waals surface area (Å²) in [5.74, 6) is -6.04. The maximum Gasteiger partial charge on any atom is 0.393 e. The second kappa shape index (κ2) is 13.7. The van der Waals surface area contributed by atoms with E-state index in [2.05, 4.69) is 41.4 Å². The Kier molecular flexibility index (Phi) is 9.82. The number of carbonyl (C=O) groups is 2. The molecule has 6 rings (SSSR count). The molecule has 1 saturated carbocycles. The molecule has 1 aliphatic carbocycles. The summed E-state index contributed by atoms with van der Waals surface area (Å²) in [6.07, 6.45) is -2.11. The number of nitrogens with zero attached hydrogens (tertiary/aromatic N) is 8. The number of halogens is 5. The molecule has 274 valence electrons. The Morgan fingerprint density at radius 3 is 2.44 bits per heavy atom. The van der Waals surface area contributed by atoms with Crippen molar-refractivity contribution in [1.82, 2.24) is 44.9 Å². The highest BCUT2D eigenvalue weighted by Gasteiger charge is 2.45. The molecule has 0 aromatic carbocycles. The summed E-state index contributed by atoms with van der Waals surface area (Å²) >= 11 is 0. The normalized spacial score (nSPS) is 23.2. The van der Waals surface area contributed by atoms with E-state index < -0.39 is 48.3 Å². The lowest BCUT2D eigenvalue weighted by Gasteiger charge is -2.42. The number of hydrogen-bond donors (Lipinski definition) is 2. The Hall–Kier alpha value is -3.89. The van der Waals surface area contributed by atoms with E-state index in [0.29, 0.717) is 55.6 Å². The molecule has 2 saturated heterocycles. The van der Waals surface area contributed by atoms with E-state index in [4.69, 9.17) is 15.1 Å². The van der Waals surface area contributed by atoms with Crippen LogP contribution in [0.2, 0.25) is 0 Å². The van der Waals surface area contributed by atoms with E-state index in [-0.39, 0.29) is 55.8 Å². The van der Waals surface area contributed by atoms with Gasteiger partial charge in [0.2, 0.25) is 11.8 Å². The van der Waals surface area contributed by atoms with Gasteiger partial charge in [0.25, 0.3) is 11.7 Å². The van der Waals surface area contributed by atoms with Gasteiger partial charge in [0.15, 0.2) is 5.82 Å². The van der Waals surface area contributed by atoms with Crippen molar-refractivity contribution < 1.29 is 31.5 Å². The van der Waals surface area contributed by atoms with Crippen molar-refractivity contribution in [3.05, 3.63) is 35.5 Å². The van der Waals surface area contributed by atoms with Gasteiger partial charge in [-0.15, -0.1) is 0 Å². The van der Waals surface area contributed by atoms with Gasteiger partial charge in [-0.25, -0.2) is 18.3 Å². The molecule has 0 radical (unpaired) electrons. The highest BCUT2D eigenvalue weighted by Crippen LogP contribution is 2.42. The Bertz CT molecular complexity index is 1680. The number of hydrogen-bond acceptors (Lipinski definition) is 8. The van der Waals surface area contributed by atoms with E-state index >= 15 is 0 Å². The first-order valence-electron chi connectivity index (χ1n) is 17.3. The van der Waals surface area contributed by atoms with Gasteiger partial charge in [0, 0.05) is 76.2 Å². The average molecular weight is 709 g/mol. The fourth-order valence-corrected chi connectivity index (χ4v) is 7.37. The number of anilines is 1. The number of aryl methyl sites for hydroxylation is 1. The van der Waals surface area contributed by atoms with Crippen molar-refractivity contribution in [2.45, 2.75) is 96.4 Å². The summed E-state index contributed by atoms with van der Waals surface area (Å²) in [5.41, 5.74) is 0.996. The SMILES string of the molecule is CCn1nccc1C(=O)N[C@H](c1cn2nc(C[C@H]3C[C@@H](C(F)(F)F)CNC3=O)c(N3CCN(C(C)(C)C)CC3)nc2n1)C1CCC(F)(F)CC1. The van der Waals surface area contributed by atoms with Crippen LogP contribution in [-0.2, 0) is 17.8 Å². The molecule has 2 amide bonds. The smallest absolute Gasteiger partial charge is 0.355 e. The van der Waals surface area contributed by atoms with Gasteiger partial charge >= 0.3 is 6.18 Å². The third-order valence-electron chi connectivity index (χ3n) is 10.4. The van der Waals surface area contributed by atoms with Crippen molar-refractivity contribution in [3.63, 3.8) is 0 Å². The molecule has 0 bridgehead atoms. The zero-order valence-electron chi connectivity index (χ0n) is 28.8. The standard InChI is InChI=1S/C33H45F5N10O2/c1-5-47-25(8-11-40-47)29(50)42-26(20-6-9-32(34,35)10-7-20)24-19-48-30(41-24)43-27(45-12-14-46(15-13-45)31(2,3)4)23(44-48)17-21-16-22(33(36,37)38)18-39-28(21)49/h8,11,19-22,26H,5-7,9-10,12-18H2,1-4H3,(H,39,49)(H,42,50)/t21-,22-,26+/m1/s1. The van der Waals surface area contributed by atoms with Crippen LogP contribution in [0.25, 0.3) is 5.78 Å². The molecule has 17 heteroatoms. The van der Waals surface area contributed by atoms with Gasteiger partial charge in [-0.1, -0.05) is 0 Å². The van der Waals surface area contributed by atoms with Gasteiger partial charge < -0.3 is 15.5 Å². The van der Waals surface area contributed by atoms with Crippen molar-refractivity contribution in [2.75, 3.05) is 37.6 Å². The Morgan fingerprint density at radius 2 is 1.80 bits per heavy atom. The van der Waals surface area contributed by atoms with E-state index in [1.807, 2.05) is 11.8 Å². The van der Waals surface area contributed by atoms with Crippen LogP contribution < -0.4 is 15.5 Å². The third-order valence-corrected chi connectivity index (χ3v) is 10.4. The fraction of sp³-hybridized carbons (Fsp3) is 0.697. The molecular formula is C33H45F5N10O2. The predicted octanol–water partition coefficient (Wildman–Crippen LogP) is 4.41. The summed E-state index contributed by atoms with van der Waals surface area (Å²) in [6.45, 7) is 10.8. The first-order chi connectivity index (χ1) is 23.5. The van der Waals surface area contributed by atoms with Gasteiger partial charge in [-0.2, -0.15) is 28.4 Å². The minimum absolute atomic E-state index is 0.0628. The number of piperidine rings is 1. The van der Waals surface area contributed by atoms with Gasteiger partial charge in [-0.3, -0.25) is 19.2 Å². The second-order valence-electron chi connectivity index (χ2n) is 14.7. The number of alkyl halides is 5. The Balaban J connectivity index is 1.36. The first-order valence-corrected chi connectivity index (χ1v) is 17.3. The molecule has 2 aliphatic heterocycles. The first kappa shape index (κ1) is 35.9. The van der Waals surface area contributed by atoms with Crippen molar-refractivity contribution >= 4 is 23.4 Å². The monoisotopic (exact) mass is 708 g/mol. The fourth-order valence-electron chi connectivity index (χ4n) is 7.37. The van der Waals surface area contributed by atoms with Crippen LogP contribution in [0, 0.1) is 17.8 Å². The third kappa shape index (κ3) is 7.71. The van der Waals surface area contributed by atoms with Gasteiger partial charge in [-0.05, 0) is 58.9 Å². The minimum Gasteiger partial charge on any atom is -0.355 e. The van der Waals surface area contributed by atoms with Crippen LogP contribution in [-0.4, -0.2) is 96.4 Å². The summed E-state index contributed by atoms with van der Waals surface area (Å²) in [5, 5.41) is 14.4. The lowest BCUT2D eigenvalue weighted by atomic mass is 9.81. The maximum absolute atomic E-state index is 14.2. The minimum atomic E-state index is -4.45. The van der Waals surface area contributed by atoms with Crippen LogP contribution in [0.3, 0.4) is 0 Å². The molecule has 5 heterocycles. The largest absolute Gasteiger partial charge is 0.393 e. The number of carbonyl (C=O) groups excluding carboxylic acids is 2. The number of amides is 2. The summed E-state index contributed by atoms with van der Waals surface area (Å²) in [6, 6.07) is 0.835. The molecule has 50 heavy (non-hydrogen) atoms. The molecule has 0 spiro atoms. The molecule has 12 nitrogen and oxygen atoms in total.